The Morgan fingerprint density at radius 3 is 2.54 bits per heavy atom. The maximum Gasteiger partial charge on any atom is 0.231 e. The molecule has 39 heavy (non-hydrogen) atoms. The first-order valence-electron chi connectivity index (χ1n) is 13.2. The number of carbonyl (C=O) groups excluding carboxylic acids is 1. The van der Waals surface area contributed by atoms with Crippen LogP contribution < -0.4 is 19.5 Å². The number of carbonyl (C=O) groups is 1. The monoisotopic (exact) mass is 752 g/mol. The van der Waals surface area contributed by atoms with E-state index < -0.39 is 12.3 Å². The number of phenols is 2. The van der Waals surface area contributed by atoms with Gasteiger partial charge in [-0.2, -0.15) is 0 Å². The summed E-state index contributed by atoms with van der Waals surface area (Å²) in [5.41, 5.74) is 4.67. The van der Waals surface area contributed by atoms with Gasteiger partial charge >= 0.3 is 0 Å². The molecule has 4 aliphatic rings. The van der Waals surface area contributed by atoms with Gasteiger partial charge in [0, 0.05) is 85.3 Å². The van der Waals surface area contributed by atoms with Crippen LogP contribution in [0, 0.1) is 57.9 Å². The Balaban J connectivity index is 0.00000308. The van der Waals surface area contributed by atoms with Crippen LogP contribution in [0.1, 0.15) is 58.8 Å². The smallest absolute Gasteiger partial charge is 0.231 e. The van der Waals surface area contributed by atoms with Crippen molar-refractivity contribution in [2.24, 2.45) is 0 Å². The third kappa shape index (κ3) is 4.14. The van der Waals surface area contributed by atoms with Crippen molar-refractivity contribution in [2.75, 3.05) is 27.5 Å². The first kappa shape index (κ1) is 28.7. The number of aliphatic hydroxyl groups is 1. The molecule has 11 heteroatoms. The minimum Gasteiger partial charge on any atom is -0.507 e. The van der Waals surface area contributed by atoms with Gasteiger partial charge in [0.1, 0.15) is 12.0 Å². The summed E-state index contributed by atoms with van der Waals surface area (Å²) in [4.78, 5) is 16.5. The first-order chi connectivity index (χ1) is 18.2. The molecule has 0 spiro atoms. The SMILES string of the molecule is CCC(=O)NC[C@H]1c2c(c(O)c(C)c3c2OCO3)CC2[C@H]3c4c(cc(C)c(OC)c4O)C[C@@H]([C@H](O)N21)N3C.[Ac]. The molecular weight excluding hydrogens is 717 g/mol. The molecule has 1 unspecified atom stereocenters. The van der Waals surface area contributed by atoms with Crippen molar-refractivity contribution < 1.29 is 78.4 Å². The number of ether oxygens (including phenoxy) is 3. The Bertz CT molecular complexity index is 1340. The van der Waals surface area contributed by atoms with Crippen LogP contribution in [0.3, 0.4) is 0 Å². The van der Waals surface area contributed by atoms with Crippen molar-refractivity contribution in [2.45, 2.75) is 70.4 Å². The quantitative estimate of drug-likeness (QED) is 0.373. The maximum atomic E-state index is 12.4. The third-order valence-electron chi connectivity index (χ3n) is 8.94. The van der Waals surface area contributed by atoms with Crippen molar-refractivity contribution in [3.05, 3.63) is 39.4 Å². The number of nitrogens with one attached hydrogen (secondary N) is 1. The van der Waals surface area contributed by atoms with Crippen LogP contribution in [0.15, 0.2) is 6.07 Å². The molecule has 10 nitrogen and oxygen atoms in total. The fourth-order valence-electron chi connectivity index (χ4n) is 7.19. The average molecular weight is 753 g/mol. The van der Waals surface area contributed by atoms with E-state index in [1.54, 1.807) is 21.0 Å². The van der Waals surface area contributed by atoms with Crippen LogP contribution in [0.4, 0.5) is 0 Å². The Morgan fingerprint density at radius 2 is 1.85 bits per heavy atom. The van der Waals surface area contributed by atoms with E-state index in [-0.39, 0.29) is 92.9 Å². The molecule has 0 saturated carbocycles. The van der Waals surface area contributed by atoms with Gasteiger partial charge in [0.2, 0.25) is 12.7 Å². The number of phenolic OH excluding ortho intramolecular Hbond substituents is 2. The topological polar surface area (TPSA) is 124 Å². The summed E-state index contributed by atoms with van der Waals surface area (Å²) in [6.07, 6.45) is 0.418. The largest absolute Gasteiger partial charge is 0.507 e. The van der Waals surface area contributed by atoms with Crippen molar-refractivity contribution >= 4 is 5.91 Å². The molecule has 4 heterocycles. The number of fused-ring (bicyclic) bond motifs is 9. The van der Waals surface area contributed by atoms with Crippen LogP contribution >= 0.6 is 0 Å². The van der Waals surface area contributed by atoms with E-state index in [0.29, 0.717) is 47.6 Å². The van der Waals surface area contributed by atoms with E-state index in [1.165, 1.54) is 0 Å². The summed E-state index contributed by atoms with van der Waals surface area (Å²) in [5.74, 6) is 1.64. The number of methoxy groups -OCH3 is 1. The third-order valence-corrected chi connectivity index (χ3v) is 8.94. The van der Waals surface area contributed by atoms with E-state index in [4.69, 9.17) is 14.2 Å². The van der Waals surface area contributed by atoms with Crippen LogP contribution in [0.5, 0.6) is 28.7 Å². The second-order valence-electron chi connectivity index (χ2n) is 10.8. The number of aliphatic hydroxyl groups excluding tert-OH is 1. The number of benzene rings is 2. The Morgan fingerprint density at radius 1 is 1.13 bits per heavy atom. The Labute approximate surface area is 263 Å². The standard InChI is InChI=1S/C28H35N3O7.Ac/c1-6-19(32)29-10-18-21-15(23(33)13(3)26-27(21)38-11-37-26)9-16-22-20-14(7-12(2)25(36-5)24(20)34)8-17(30(22)4)28(35)31(16)18;/h7,16-18,22,28,33-35H,6,8-11H2,1-5H3,(H,29,32);/t16?,17-,18-,22-,28-;/m0./s1. The van der Waals surface area contributed by atoms with Gasteiger partial charge in [-0.3, -0.25) is 14.6 Å². The van der Waals surface area contributed by atoms with Gasteiger partial charge in [-0.25, -0.2) is 0 Å². The zero-order valence-electron chi connectivity index (χ0n) is 22.9. The van der Waals surface area contributed by atoms with Gasteiger partial charge in [-0.15, -0.1) is 0 Å². The molecule has 1 fully saturated rings. The summed E-state index contributed by atoms with van der Waals surface area (Å²) in [6, 6.07) is 0.713. The minimum atomic E-state index is -0.864. The number of hydrogen-bond donors (Lipinski definition) is 4. The summed E-state index contributed by atoms with van der Waals surface area (Å²) in [5, 5.41) is 37.7. The number of likely N-dealkylation sites (N-methyl/N-ethyl adjacent to an activating group) is 1. The molecule has 1 saturated heterocycles. The van der Waals surface area contributed by atoms with E-state index >= 15 is 0 Å². The second kappa shape index (κ2) is 10.6. The van der Waals surface area contributed by atoms with Gasteiger partial charge < -0.3 is 34.8 Å². The number of amides is 1. The van der Waals surface area contributed by atoms with Crippen LogP contribution in [-0.4, -0.2) is 76.8 Å². The summed E-state index contributed by atoms with van der Waals surface area (Å²) in [7, 11) is 3.52. The van der Waals surface area contributed by atoms with Crippen molar-refractivity contribution in [1.82, 2.24) is 15.1 Å². The molecule has 2 aromatic carbocycles. The summed E-state index contributed by atoms with van der Waals surface area (Å²) < 4.78 is 17.2. The van der Waals surface area contributed by atoms with Gasteiger partial charge in [-0.05, 0) is 44.9 Å². The summed E-state index contributed by atoms with van der Waals surface area (Å²) >= 11 is 0. The van der Waals surface area contributed by atoms with Gasteiger partial charge in [0.05, 0.1) is 25.2 Å². The predicted molar refractivity (Wildman–Crippen MR) is 138 cm³/mol. The first-order valence-corrected chi connectivity index (χ1v) is 13.2. The fraction of sp³-hybridized carbons (Fsp3) is 0.536. The number of aromatic hydroxyl groups is 2. The Kier molecular flexibility index (Phi) is 7.79. The molecule has 2 aromatic rings. The molecule has 0 aromatic heterocycles. The molecule has 6 rings (SSSR count). The van der Waals surface area contributed by atoms with Crippen LogP contribution in [0.2, 0.25) is 0 Å². The number of hydrogen-bond acceptors (Lipinski definition) is 9. The number of rotatable bonds is 4. The molecule has 1 radical (unpaired) electrons. The van der Waals surface area contributed by atoms with Crippen LogP contribution in [-0.2, 0) is 17.6 Å². The molecule has 0 aliphatic carbocycles. The van der Waals surface area contributed by atoms with E-state index in [1.807, 2.05) is 24.9 Å². The molecule has 5 atom stereocenters. The molecule has 4 N–H and O–H groups in total. The average Bonchev–Trinajstić information content (AvgIpc) is 3.38. The van der Waals surface area contributed by atoms with Crippen molar-refractivity contribution in [3.63, 3.8) is 0 Å². The number of aryl methyl sites for hydroxylation is 1. The molecule has 2 bridgehead atoms. The zero-order chi connectivity index (χ0) is 27.0. The van der Waals surface area contributed by atoms with E-state index in [0.717, 1.165) is 22.3 Å². The Hall–Kier alpha value is -1.77. The molecular formula is C28H35AcN3O7. The van der Waals surface area contributed by atoms with Crippen molar-refractivity contribution in [1.29, 1.82) is 0 Å². The minimum absolute atomic E-state index is 0. The van der Waals surface area contributed by atoms with Crippen LogP contribution in [0.25, 0.3) is 0 Å². The fourth-order valence-corrected chi connectivity index (χ4v) is 7.19. The molecule has 4 aliphatic heterocycles. The van der Waals surface area contributed by atoms with Gasteiger partial charge in [-0.1, -0.05) is 13.0 Å². The number of nitrogens with zero attached hydrogens (tertiary/aromatic N) is 2. The predicted octanol–water partition coefficient (Wildman–Crippen LogP) is 2.18. The van der Waals surface area contributed by atoms with Gasteiger partial charge in [0.15, 0.2) is 23.0 Å². The van der Waals surface area contributed by atoms with E-state index in [2.05, 4.69) is 10.2 Å². The molecule has 207 valence electrons. The summed E-state index contributed by atoms with van der Waals surface area (Å²) in [6.45, 7) is 5.77. The zero-order valence-corrected chi connectivity index (χ0v) is 27.7. The number of piperazine rings is 1. The van der Waals surface area contributed by atoms with Gasteiger partial charge in [0.25, 0.3) is 0 Å². The van der Waals surface area contributed by atoms with Crippen molar-refractivity contribution in [3.8, 4) is 28.7 Å². The normalized spacial score (nSPS) is 26.7. The molecule has 1 amide bonds. The van der Waals surface area contributed by atoms with E-state index in [9.17, 15) is 20.1 Å². The second-order valence-corrected chi connectivity index (χ2v) is 10.8. The maximum absolute atomic E-state index is 12.4.